The molecular formula is C20H28N2O. The van der Waals surface area contributed by atoms with Crippen LogP contribution in [0.15, 0.2) is 24.3 Å². The van der Waals surface area contributed by atoms with E-state index in [9.17, 15) is 4.79 Å². The van der Waals surface area contributed by atoms with Gasteiger partial charge in [0.05, 0.1) is 12.0 Å². The average Bonchev–Trinajstić information content (AvgIpc) is 3.24. The van der Waals surface area contributed by atoms with Crippen LogP contribution in [0.5, 0.6) is 0 Å². The molecule has 2 fully saturated rings. The molecule has 4 rings (SSSR count). The molecule has 2 aliphatic carbocycles. The Bertz CT molecular complexity index is 565. The Morgan fingerprint density at radius 3 is 2.74 bits per heavy atom. The number of amides is 1. The van der Waals surface area contributed by atoms with Crippen LogP contribution in [0.25, 0.3) is 0 Å². The number of hydrogen-bond donors (Lipinski definition) is 1. The van der Waals surface area contributed by atoms with Gasteiger partial charge in [-0.1, -0.05) is 43.5 Å². The quantitative estimate of drug-likeness (QED) is 0.927. The van der Waals surface area contributed by atoms with Crippen molar-refractivity contribution in [2.24, 2.45) is 5.92 Å². The minimum atomic E-state index is 0.199. The van der Waals surface area contributed by atoms with Crippen LogP contribution in [0.3, 0.4) is 0 Å². The average molecular weight is 312 g/mol. The van der Waals surface area contributed by atoms with E-state index in [4.69, 9.17) is 0 Å². The van der Waals surface area contributed by atoms with Crippen molar-refractivity contribution in [2.75, 3.05) is 13.1 Å². The Kier molecular flexibility index (Phi) is 4.39. The van der Waals surface area contributed by atoms with Crippen LogP contribution >= 0.6 is 0 Å². The predicted molar refractivity (Wildman–Crippen MR) is 92.2 cm³/mol. The summed E-state index contributed by atoms with van der Waals surface area (Å²) in [6, 6.07) is 9.54. The summed E-state index contributed by atoms with van der Waals surface area (Å²) in [6.45, 7) is 2.09. The minimum absolute atomic E-state index is 0.199. The summed E-state index contributed by atoms with van der Waals surface area (Å²) >= 11 is 0. The van der Waals surface area contributed by atoms with Gasteiger partial charge in [-0.3, -0.25) is 9.69 Å². The number of carbonyl (C=O) groups is 1. The molecule has 1 N–H and O–H groups in total. The van der Waals surface area contributed by atoms with Gasteiger partial charge >= 0.3 is 0 Å². The molecule has 0 spiro atoms. The Balaban J connectivity index is 1.34. The number of nitrogens with one attached hydrogen (secondary N) is 1. The molecule has 3 aliphatic rings. The smallest absolute Gasteiger partial charge is 0.224 e. The van der Waals surface area contributed by atoms with E-state index in [1.807, 2.05) is 0 Å². The molecule has 0 radical (unpaired) electrons. The van der Waals surface area contributed by atoms with Crippen molar-refractivity contribution in [1.29, 1.82) is 0 Å². The van der Waals surface area contributed by atoms with E-state index in [1.165, 1.54) is 43.2 Å². The fourth-order valence-corrected chi connectivity index (χ4v) is 4.78. The second-order valence-electron chi connectivity index (χ2n) is 7.57. The molecule has 23 heavy (non-hydrogen) atoms. The van der Waals surface area contributed by atoms with E-state index in [2.05, 4.69) is 34.5 Å². The van der Waals surface area contributed by atoms with Crippen molar-refractivity contribution in [3.63, 3.8) is 0 Å². The summed E-state index contributed by atoms with van der Waals surface area (Å²) in [7, 11) is 0. The number of carbonyl (C=O) groups excluding carboxylic acids is 1. The molecule has 124 valence electrons. The van der Waals surface area contributed by atoms with Gasteiger partial charge in [-0.15, -0.1) is 0 Å². The lowest BCUT2D eigenvalue weighted by atomic mass is 9.94. The highest BCUT2D eigenvalue weighted by molar-refractivity contribution is 5.79. The van der Waals surface area contributed by atoms with E-state index in [0.717, 1.165) is 38.4 Å². The van der Waals surface area contributed by atoms with Gasteiger partial charge in [0, 0.05) is 12.6 Å². The second-order valence-corrected chi connectivity index (χ2v) is 7.57. The topological polar surface area (TPSA) is 32.3 Å². The summed E-state index contributed by atoms with van der Waals surface area (Å²) in [5.74, 6) is 0.481. The lowest BCUT2D eigenvalue weighted by Crippen LogP contribution is -2.38. The molecule has 1 aliphatic heterocycles. The normalized spacial score (nSPS) is 28.7. The third-order valence-electron chi connectivity index (χ3n) is 6.13. The number of nitrogens with zero attached hydrogens (tertiary/aromatic N) is 1. The number of likely N-dealkylation sites (tertiary alicyclic amines) is 1. The monoisotopic (exact) mass is 312 g/mol. The molecule has 1 heterocycles. The number of benzene rings is 1. The van der Waals surface area contributed by atoms with Crippen LogP contribution < -0.4 is 5.32 Å². The van der Waals surface area contributed by atoms with Gasteiger partial charge in [-0.2, -0.15) is 0 Å². The lowest BCUT2D eigenvalue weighted by Gasteiger charge is -2.31. The van der Waals surface area contributed by atoms with Crippen LogP contribution in [0.2, 0.25) is 0 Å². The maximum atomic E-state index is 12.7. The molecular weight excluding hydrogens is 284 g/mol. The van der Waals surface area contributed by atoms with Crippen molar-refractivity contribution in [2.45, 2.75) is 63.5 Å². The maximum absolute atomic E-state index is 12.7. The van der Waals surface area contributed by atoms with E-state index in [0.29, 0.717) is 0 Å². The van der Waals surface area contributed by atoms with Crippen LogP contribution in [-0.2, 0) is 11.2 Å². The van der Waals surface area contributed by atoms with Crippen LogP contribution in [0.4, 0.5) is 0 Å². The van der Waals surface area contributed by atoms with Gasteiger partial charge in [0.2, 0.25) is 5.91 Å². The number of rotatable bonds is 3. The van der Waals surface area contributed by atoms with E-state index in [-0.39, 0.29) is 17.9 Å². The first-order valence-electron chi connectivity index (χ1n) is 9.43. The Labute approximate surface area is 139 Å². The van der Waals surface area contributed by atoms with Crippen LogP contribution in [-0.4, -0.2) is 29.9 Å². The Morgan fingerprint density at radius 2 is 1.87 bits per heavy atom. The zero-order valence-corrected chi connectivity index (χ0v) is 14.0. The summed E-state index contributed by atoms with van der Waals surface area (Å²) in [5.41, 5.74) is 2.75. The van der Waals surface area contributed by atoms with Crippen molar-refractivity contribution < 1.29 is 4.79 Å². The highest BCUT2D eigenvalue weighted by Gasteiger charge is 2.34. The molecule has 1 aromatic rings. The highest BCUT2D eigenvalue weighted by Crippen LogP contribution is 2.32. The molecule has 3 heteroatoms. The fourth-order valence-electron chi connectivity index (χ4n) is 4.78. The van der Waals surface area contributed by atoms with Gasteiger partial charge in [0.15, 0.2) is 0 Å². The largest absolute Gasteiger partial charge is 0.349 e. The molecule has 1 saturated carbocycles. The predicted octanol–water partition coefficient (Wildman–Crippen LogP) is 3.44. The molecule has 1 amide bonds. The minimum Gasteiger partial charge on any atom is -0.349 e. The van der Waals surface area contributed by atoms with E-state index >= 15 is 0 Å². The molecule has 2 atom stereocenters. The third-order valence-corrected chi connectivity index (χ3v) is 6.13. The van der Waals surface area contributed by atoms with Crippen molar-refractivity contribution in [3.8, 4) is 0 Å². The molecule has 1 unspecified atom stereocenters. The lowest BCUT2D eigenvalue weighted by molar-refractivity contribution is -0.125. The molecule has 1 aromatic carbocycles. The van der Waals surface area contributed by atoms with Gasteiger partial charge in [-0.25, -0.2) is 0 Å². The standard InChI is InChI=1S/C20H28N2O/c23-20(21-19-11-10-15-6-4-5-9-18(15)19)16-12-13-22(14-16)17-7-2-1-3-8-17/h4-6,9,16-17,19H,1-3,7-8,10-14H2,(H,21,23)/t16?,19-/m1/s1. The summed E-state index contributed by atoms with van der Waals surface area (Å²) in [6.07, 6.45) is 10.0. The van der Waals surface area contributed by atoms with Gasteiger partial charge in [0.25, 0.3) is 0 Å². The Hall–Kier alpha value is -1.35. The fraction of sp³-hybridized carbons (Fsp3) is 0.650. The first-order chi connectivity index (χ1) is 11.3. The second kappa shape index (κ2) is 6.64. The molecule has 3 nitrogen and oxygen atoms in total. The van der Waals surface area contributed by atoms with Gasteiger partial charge in [-0.05, 0) is 49.8 Å². The Morgan fingerprint density at radius 1 is 1.04 bits per heavy atom. The molecule has 0 bridgehead atoms. The SMILES string of the molecule is O=C(N[C@@H]1CCc2ccccc21)C1CCN(C2CCCCC2)C1. The van der Waals surface area contributed by atoms with E-state index in [1.54, 1.807) is 0 Å². The highest BCUT2D eigenvalue weighted by atomic mass is 16.2. The van der Waals surface area contributed by atoms with Crippen molar-refractivity contribution in [1.82, 2.24) is 10.2 Å². The number of hydrogen-bond acceptors (Lipinski definition) is 2. The van der Waals surface area contributed by atoms with Crippen LogP contribution in [0, 0.1) is 5.92 Å². The van der Waals surface area contributed by atoms with Gasteiger partial charge in [0.1, 0.15) is 0 Å². The summed E-state index contributed by atoms with van der Waals surface area (Å²) < 4.78 is 0. The van der Waals surface area contributed by atoms with Crippen molar-refractivity contribution >= 4 is 5.91 Å². The maximum Gasteiger partial charge on any atom is 0.224 e. The summed E-state index contributed by atoms with van der Waals surface area (Å²) in [4.78, 5) is 15.3. The third kappa shape index (κ3) is 3.16. The van der Waals surface area contributed by atoms with Gasteiger partial charge < -0.3 is 5.32 Å². The van der Waals surface area contributed by atoms with Crippen LogP contribution in [0.1, 0.15) is 62.1 Å². The number of aryl methyl sites for hydroxylation is 1. The number of fused-ring (bicyclic) bond motifs is 1. The first-order valence-corrected chi connectivity index (χ1v) is 9.43. The zero-order valence-electron chi connectivity index (χ0n) is 14.0. The van der Waals surface area contributed by atoms with E-state index < -0.39 is 0 Å². The zero-order chi connectivity index (χ0) is 15.6. The van der Waals surface area contributed by atoms with Crippen molar-refractivity contribution in [3.05, 3.63) is 35.4 Å². The summed E-state index contributed by atoms with van der Waals surface area (Å²) in [5, 5.41) is 3.33. The molecule has 0 aromatic heterocycles. The first kappa shape index (κ1) is 15.2. The molecule has 1 saturated heterocycles.